The number of non-ortho nitro benzene ring substituents is 1. The lowest BCUT2D eigenvalue weighted by molar-refractivity contribution is -0.384. The molecule has 2 heterocycles. The fourth-order valence-corrected chi connectivity index (χ4v) is 3.85. The Balaban J connectivity index is 1.37. The number of oxazole rings is 1. The van der Waals surface area contributed by atoms with Crippen molar-refractivity contribution >= 4 is 51.6 Å². The van der Waals surface area contributed by atoms with Crippen LogP contribution < -0.4 is 5.32 Å². The molecule has 34 heavy (non-hydrogen) atoms. The molecule has 8 nitrogen and oxygen atoms in total. The number of nitro benzene ring substituents is 1. The van der Waals surface area contributed by atoms with Gasteiger partial charge in [0.15, 0.2) is 11.3 Å². The number of nitrogens with one attached hydrogen (secondary N) is 1. The summed E-state index contributed by atoms with van der Waals surface area (Å²) in [6.07, 6.45) is 0. The summed E-state index contributed by atoms with van der Waals surface area (Å²) in [6, 6.07) is 19.1. The van der Waals surface area contributed by atoms with E-state index < -0.39 is 10.8 Å². The van der Waals surface area contributed by atoms with Gasteiger partial charge in [0.05, 0.1) is 15.5 Å². The number of carbonyl (C=O) groups excluding carboxylic acids is 1. The Morgan fingerprint density at radius 1 is 0.971 bits per heavy atom. The van der Waals surface area contributed by atoms with E-state index in [2.05, 4.69) is 10.3 Å². The standard InChI is InChI=1S/C24H13Cl2N3O5/c25-14-4-6-17(18(26)11-14)24-28-19-12-15(5-7-21(19)34-24)27-23(30)22-9-8-20(33-22)13-2-1-3-16(10-13)29(31)32/h1-12H,(H,27,30). The van der Waals surface area contributed by atoms with Crippen LogP contribution in [0.5, 0.6) is 0 Å². The first kappa shape index (κ1) is 21.7. The van der Waals surface area contributed by atoms with Gasteiger partial charge in [-0.25, -0.2) is 4.98 Å². The average Bonchev–Trinajstić information content (AvgIpc) is 3.46. The van der Waals surface area contributed by atoms with Crippen LogP contribution >= 0.6 is 23.2 Å². The Labute approximate surface area is 201 Å². The molecule has 0 atom stereocenters. The Morgan fingerprint density at radius 2 is 1.82 bits per heavy atom. The van der Waals surface area contributed by atoms with Gasteiger partial charge >= 0.3 is 0 Å². The fraction of sp³-hybridized carbons (Fsp3) is 0. The van der Waals surface area contributed by atoms with Crippen LogP contribution in [0.3, 0.4) is 0 Å². The smallest absolute Gasteiger partial charge is 0.291 e. The molecule has 3 aromatic carbocycles. The van der Waals surface area contributed by atoms with Crippen LogP contribution in [0.2, 0.25) is 10.0 Å². The molecule has 0 fully saturated rings. The van der Waals surface area contributed by atoms with Gasteiger partial charge in [0.25, 0.3) is 11.6 Å². The summed E-state index contributed by atoms with van der Waals surface area (Å²) in [7, 11) is 0. The zero-order valence-corrected chi connectivity index (χ0v) is 18.6. The van der Waals surface area contributed by atoms with Gasteiger partial charge in [-0.2, -0.15) is 0 Å². The fourth-order valence-electron chi connectivity index (χ4n) is 3.36. The Bertz CT molecular complexity index is 1570. The summed E-state index contributed by atoms with van der Waals surface area (Å²) in [5.74, 6) is 0.231. The maximum absolute atomic E-state index is 12.7. The van der Waals surface area contributed by atoms with Crippen molar-refractivity contribution in [3.8, 4) is 22.8 Å². The number of benzene rings is 3. The predicted octanol–water partition coefficient (Wildman–Crippen LogP) is 7.22. The number of nitrogens with zero attached hydrogens (tertiary/aromatic N) is 2. The molecule has 10 heteroatoms. The molecule has 5 rings (SSSR count). The van der Waals surface area contributed by atoms with Crippen molar-refractivity contribution in [3.63, 3.8) is 0 Å². The largest absolute Gasteiger partial charge is 0.451 e. The number of halogens is 2. The zero-order chi connectivity index (χ0) is 23.8. The number of nitro groups is 1. The van der Waals surface area contributed by atoms with Gasteiger partial charge in [-0.3, -0.25) is 14.9 Å². The van der Waals surface area contributed by atoms with Crippen molar-refractivity contribution in [2.75, 3.05) is 5.32 Å². The second-order valence-electron chi connectivity index (χ2n) is 7.25. The van der Waals surface area contributed by atoms with Crippen LogP contribution in [-0.4, -0.2) is 15.8 Å². The summed E-state index contributed by atoms with van der Waals surface area (Å²) in [6.45, 7) is 0. The van der Waals surface area contributed by atoms with E-state index in [-0.39, 0.29) is 11.4 Å². The first-order valence-electron chi connectivity index (χ1n) is 9.89. The van der Waals surface area contributed by atoms with Crippen LogP contribution in [0.4, 0.5) is 11.4 Å². The highest BCUT2D eigenvalue weighted by atomic mass is 35.5. The molecule has 0 radical (unpaired) electrons. The zero-order valence-electron chi connectivity index (χ0n) is 17.1. The Hall–Kier alpha value is -4.14. The van der Waals surface area contributed by atoms with E-state index in [4.69, 9.17) is 32.0 Å². The number of rotatable bonds is 5. The van der Waals surface area contributed by atoms with Crippen molar-refractivity contribution in [1.82, 2.24) is 4.98 Å². The highest BCUT2D eigenvalue weighted by Crippen LogP contribution is 2.33. The monoisotopic (exact) mass is 493 g/mol. The quantitative estimate of drug-likeness (QED) is 0.204. The lowest BCUT2D eigenvalue weighted by Crippen LogP contribution is -2.10. The van der Waals surface area contributed by atoms with E-state index in [9.17, 15) is 14.9 Å². The number of fused-ring (bicyclic) bond motifs is 1. The first-order valence-corrected chi connectivity index (χ1v) is 10.6. The van der Waals surface area contributed by atoms with Gasteiger partial charge in [0, 0.05) is 28.4 Å². The number of hydrogen-bond donors (Lipinski definition) is 1. The molecule has 5 aromatic rings. The van der Waals surface area contributed by atoms with Crippen LogP contribution in [0.15, 0.2) is 81.6 Å². The maximum atomic E-state index is 12.7. The summed E-state index contributed by atoms with van der Waals surface area (Å²) in [4.78, 5) is 27.6. The van der Waals surface area contributed by atoms with Gasteiger partial charge in [-0.05, 0) is 48.5 Å². The number of aromatic nitrogens is 1. The van der Waals surface area contributed by atoms with E-state index in [1.807, 2.05) is 0 Å². The molecule has 2 aromatic heterocycles. The normalized spacial score (nSPS) is 11.0. The van der Waals surface area contributed by atoms with Crippen molar-refractivity contribution < 1.29 is 18.6 Å². The van der Waals surface area contributed by atoms with Gasteiger partial charge in [-0.1, -0.05) is 35.3 Å². The van der Waals surface area contributed by atoms with Crippen molar-refractivity contribution in [2.24, 2.45) is 0 Å². The van der Waals surface area contributed by atoms with Crippen molar-refractivity contribution in [1.29, 1.82) is 0 Å². The lowest BCUT2D eigenvalue weighted by atomic mass is 10.1. The van der Waals surface area contributed by atoms with E-state index in [0.717, 1.165) is 0 Å². The highest BCUT2D eigenvalue weighted by Gasteiger charge is 2.16. The predicted molar refractivity (Wildman–Crippen MR) is 128 cm³/mol. The molecule has 168 valence electrons. The third-order valence-corrected chi connectivity index (χ3v) is 5.53. The summed E-state index contributed by atoms with van der Waals surface area (Å²) >= 11 is 12.2. The third kappa shape index (κ3) is 4.24. The first-order chi connectivity index (χ1) is 16.4. The Morgan fingerprint density at radius 3 is 2.62 bits per heavy atom. The van der Waals surface area contributed by atoms with Crippen LogP contribution in [-0.2, 0) is 0 Å². The Kier molecular flexibility index (Phi) is 5.53. The lowest BCUT2D eigenvalue weighted by Gasteiger charge is -2.02. The van der Waals surface area contributed by atoms with Crippen LogP contribution in [0, 0.1) is 10.1 Å². The van der Waals surface area contributed by atoms with Crippen molar-refractivity contribution in [2.45, 2.75) is 0 Å². The number of carbonyl (C=O) groups is 1. The van der Waals surface area contributed by atoms with E-state index >= 15 is 0 Å². The number of hydrogen-bond acceptors (Lipinski definition) is 6. The summed E-state index contributed by atoms with van der Waals surface area (Å²) in [5, 5.41) is 14.6. The number of anilines is 1. The number of furan rings is 1. The second-order valence-corrected chi connectivity index (χ2v) is 8.09. The molecule has 0 aliphatic rings. The molecule has 0 saturated carbocycles. The molecule has 0 bridgehead atoms. The van der Waals surface area contributed by atoms with Gasteiger partial charge in [-0.15, -0.1) is 0 Å². The molecular formula is C24H13Cl2N3O5. The number of amides is 1. The summed E-state index contributed by atoms with van der Waals surface area (Å²) in [5.41, 5.74) is 2.54. The average molecular weight is 494 g/mol. The van der Waals surface area contributed by atoms with Gasteiger partial charge in [0.2, 0.25) is 5.89 Å². The molecule has 0 saturated heterocycles. The maximum Gasteiger partial charge on any atom is 0.291 e. The van der Waals surface area contributed by atoms with E-state index in [1.54, 1.807) is 54.6 Å². The topological polar surface area (TPSA) is 111 Å². The molecular weight excluding hydrogens is 481 g/mol. The molecule has 0 spiro atoms. The molecule has 0 unspecified atom stereocenters. The van der Waals surface area contributed by atoms with E-state index in [1.165, 1.54) is 18.2 Å². The molecule has 0 aliphatic carbocycles. The minimum absolute atomic E-state index is 0.0513. The second kappa shape index (κ2) is 8.66. The highest BCUT2D eigenvalue weighted by molar-refractivity contribution is 6.36. The third-order valence-electron chi connectivity index (χ3n) is 4.98. The molecule has 1 amide bonds. The van der Waals surface area contributed by atoms with Gasteiger partial charge < -0.3 is 14.2 Å². The van der Waals surface area contributed by atoms with Crippen molar-refractivity contribution in [3.05, 3.63) is 98.7 Å². The van der Waals surface area contributed by atoms with Crippen LogP contribution in [0.25, 0.3) is 33.9 Å². The van der Waals surface area contributed by atoms with Crippen LogP contribution in [0.1, 0.15) is 10.6 Å². The SMILES string of the molecule is O=C(Nc1ccc2oc(-c3ccc(Cl)cc3Cl)nc2c1)c1ccc(-c2cccc([N+](=O)[O-])c2)o1. The summed E-state index contributed by atoms with van der Waals surface area (Å²) < 4.78 is 11.4. The molecule has 1 N–H and O–H groups in total. The minimum atomic E-state index is -0.494. The molecule has 0 aliphatic heterocycles. The van der Waals surface area contributed by atoms with Gasteiger partial charge in [0.1, 0.15) is 11.3 Å². The van der Waals surface area contributed by atoms with E-state index in [0.29, 0.717) is 49.6 Å². The minimum Gasteiger partial charge on any atom is -0.451 e.